The molecule has 1 aromatic carbocycles. The first-order chi connectivity index (χ1) is 12.8. The molecule has 1 saturated carbocycles. The van der Waals surface area contributed by atoms with Gasteiger partial charge in [-0.3, -0.25) is 9.48 Å². The molecule has 4 rings (SSSR count). The van der Waals surface area contributed by atoms with E-state index in [1.165, 1.54) is 5.69 Å². The van der Waals surface area contributed by atoms with E-state index in [2.05, 4.69) is 27.4 Å². The van der Waals surface area contributed by atoms with E-state index in [9.17, 15) is 4.79 Å². The molecule has 2 atom stereocenters. The Bertz CT molecular complexity index is 708. The van der Waals surface area contributed by atoms with Gasteiger partial charge in [0.15, 0.2) is 0 Å². The van der Waals surface area contributed by atoms with Crippen molar-refractivity contribution in [3.63, 3.8) is 0 Å². The van der Waals surface area contributed by atoms with Crippen LogP contribution in [0, 0.1) is 5.92 Å². The van der Waals surface area contributed by atoms with E-state index in [1.807, 2.05) is 29.1 Å². The Labute approximate surface area is 154 Å². The predicted octanol–water partition coefficient (Wildman–Crippen LogP) is 3.09. The number of hydrogen-bond acceptors (Lipinski definition) is 4. The molecule has 138 valence electrons. The maximum absolute atomic E-state index is 12.9. The molecule has 1 saturated heterocycles. The van der Waals surface area contributed by atoms with Crippen LogP contribution in [0.15, 0.2) is 42.7 Å². The molecule has 2 fully saturated rings. The fraction of sp³-hybridized carbons (Fsp3) is 0.500. The largest absolute Gasteiger partial charge is 0.378 e. The number of anilines is 2. The Morgan fingerprint density at radius 1 is 1.12 bits per heavy atom. The van der Waals surface area contributed by atoms with Gasteiger partial charge in [0, 0.05) is 36.9 Å². The molecule has 6 heteroatoms. The zero-order valence-corrected chi connectivity index (χ0v) is 15.0. The first-order valence-electron chi connectivity index (χ1n) is 9.54. The Morgan fingerprint density at radius 3 is 2.62 bits per heavy atom. The fourth-order valence-corrected chi connectivity index (χ4v) is 4.02. The summed E-state index contributed by atoms with van der Waals surface area (Å²) in [5, 5.41) is 7.47. The molecule has 1 aromatic heterocycles. The molecule has 1 aliphatic carbocycles. The number of nitrogens with one attached hydrogen (secondary N) is 1. The van der Waals surface area contributed by atoms with Crippen molar-refractivity contribution in [1.82, 2.24) is 9.78 Å². The van der Waals surface area contributed by atoms with Crippen molar-refractivity contribution in [1.29, 1.82) is 0 Å². The van der Waals surface area contributed by atoms with Crippen molar-refractivity contribution in [3.05, 3.63) is 42.7 Å². The smallest absolute Gasteiger partial charge is 0.229 e. The number of rotatable bonds is 4. The number of carbonyl (C=O) groups excluding carboxylic acids is 1. The Kier molecular flexibility index (Phi) is 5.20. The summed E-state index contributed by atoms with van der Waals surface area (Å²) >= 11 is 0. The lowest BCUT2D eigenvalue weighted by atomic mass is 9.84. The molecular formula is C20H26N4O2. The number of amides is 1. The second-order valence-electron chi connectivity index (χ2n) is 7.08. The first-order valence-corrected chi connectivity index (χ1v) is 9.54. The Hall–Kier alpha value is -2.34. The monoisotopic (exact) mass is 354 g/mol. The second-order valence-corrected chi connectivity index (χ2v) is 7.08. The van der Waals surface area contributed by atoms with Crippen LogP contribution in [0.25, 0.3) is 0 Å². The number of hydrogen-bond donors (Lipinski definition) is 1. The number of nitrogens with zero attached hydrogens (tertiary/aromatic N) is 3. The first kappa shape index (κ1) is 17.1. The number of carbonyl (C=O) groups is 1. The third-order valence-electron chi connectivity index (χ3n) is 5.44. The molecule has 0 bridgehead atoms. The van der Waals surface area contributed by atoms with Crippen LogP contribution in [0.2, 0.25) is 0 Å². The van der Waals surface area contributed by atoms with Crippen LogP contribution >= 0.6 is 0 Å². The summed E-state index contributed by atoms with van der Waals surface area (Å²) in [6, 6.07) is 10.2. The predicted molar refractivity (Wildman–Crippen MR) is 101 cm³/mol. The molecule has 0 spiro atoms. The van der Waals surface area contributed by atoms with Crippen molar-refractivity contribution in [2.45, 2.75) is 31.7 Å². The molecular weight excluding hydrogens is 328 g/mol. The summed E-state index contributed by atoms with van der Waals surface area (Å²) in [5.74, 6) is 0.0758. The molecule has 2 aliphatic rings. The summed E-state index contributed by atoms with van der Waals surface area (Å²) in [7, 11) is 0. The number of benzene rings is 1. The van der Waals surface area contributed by atoms with Gasteiger partial charge in [0.25, 0.3) is 0 Å². The molecule has 26 heavy (non-hydrogen) atoms. The minimum Gasteiger partial charge on any atom is -0.378 e. The quantitative estimate of drug-likeness (QED) is 0.917. The summed E-state index contributed by atoms with van der Waals surface area (Å²) in [6.07, 6.45) is 7.94. The highest BCUT2D eigenvalue weighted by atomic mass is 16.5. The van der Waals surface area contributed by atoms with E-state index in [0.29, 0.717) is 0 Å². The van der Waals surface area contributed by atoms with Gasteiger partial charge in [0.05, 0.1) is 25.2 Å². The van der Waals surface area contributed by atoms with Gasteiger partial charge in [-0.15, -0.1) is 0 Å². The number of ether oxygens (including phenoxy) is 1. The molecule has 1 aliphatic heterocycles. The highest BCUT2D eigenvalue weighted by Crippen LogP contribution is 2.34. The third kappa shape index (κ3) is 3.75. The molecule has 2 heterocycles. The number of morpholine rings is 1. The van der Waals surface area contributed by atoms with Crippen LogP contribution in [0.3, 0.4) is 0 Å². The van der Waals surface area contributed by atoms with Crippen molar-refractivity contribution in [2.75, 3.05) is 36.5 Å². The van der Waals surface area contributed by atoms with E-state index in [0.717, 1.165) is 57.7 Å². The van der Waals surface area contributed by atoms with Crippen molar-refractivity contribution in [2.24, 2.45) is 5.92 Å². The average Bonchev–Trinajstić information content (AvgIpc) is 3.24. The summed E-state index contributed by atoms with van der Waals surface area (Å²) in [5.41, 5.74) is 2.04. The van der Waals surface area contributed by atoms with Gasteiger partial charge in [0.2, 0.25) is 5.91 Å². The number of aromatic nitrogens is 2. The van der Waals surface area contributed by atoms with Gasteiger partial charge in [-0.2, -0.15) is 5.10 Å². The standard InChI is InChI=1S/C20H26N4O2/c25-20(18-4-1-2-5-19(18)24-11-3-10-21-24)22-16-6-8-17(9-7-16)23-12-14-26-15-13-23/h3,6-11,18-19H,1-2,4-5,12-15H2,(H,22,25). The van der Waals surface area contributed by atoms with Crippen LogP contribution in [-0.4, -0.2) is 42.0 Å². The zero-order chi connectivity index (χ0) is 17.8. The summed E-state index contributed by atoms with van der Waals surface area (Å²) < 4.78 is 7.35. The highest BCUT2D eigenvalue weighted by molar-refractivity contribution is 5.93. The lowest BCUT2D eigenvalue weighted by Gasteiger charge is -2.31. The van der Waals surface area contributed by atoms with Crippen LogP contribution in [-0.2, 0) is 9.53 Å². The lowest BCUT2D eigenvalue weighted by molar-refractivity contribution is -0.122. The molecule has 6 nitrogen and oxygen atoms in total. The maximum Gasteiger partial charge on any atom is 0.229 e. The molecule has 0 radical (unpaired) electrons. The van der Waals surface area contributed by atoms with Gasteiger partial charge >= 0.3 is 0 Å². The van der Waals surface area contributed by atoms with E-state index < -0.39 is 0 Å². The SMILES string of the molecule is O=C(Nc1ccc(N2CCOCC2)cc1)C1CCCCC1n1cccn1. The summed E-state index contributed by atoms with van der Waals surface area (Å²) in [6.45, 7) is 3.38. The molecule has 2 aromatic rings. The van der Waals surface area contributed by atoms with Gasteiger partial charge in [-0.1, -0.05) is 12.8 Å². The third-order valence-corrected chi connectivity index (χ3v) is 5.44. The maximum atomic E-state index is 12.9. The normalized spacial score (nSPS) is 23.6. The van der Waals surface area contributed by atoms with Gasteiger partial charge in [-0.25, -0.2) is 0 Å². The van der Waals surface area contributed by atoms with Gasteiger partial charge < -0.3 is 15.0 Å². The minimum absolute atomic E-state index is 0.0254. The highest BCUT2D eigenvalue weighted by Gasteiger charge is 2.32. The van der Waals surface area contributed by atoms with Crippen molar-refractivity contribution in [3.8, 4) is 0 Å². The second kappa shape index (κ2) is 7.91. The van der Waals surface area contributed by atoms with E-state index >= 15 is 0 Å². The molecule has 1 amide bonds. The Morgan fingerprint density at radius 2 is 1.88 bits per heavy atom. The Balaban J connectivity index is 1.41. The van der Waals surface area contributed by atoms with Crippen LogP contribution in [0.5, 0.6) is 0 Å². The zero-order valence-electron chi connectivity index (χ0n) is 15.0. The van der Waals surface area contributed by atoms with Crippen LogP contribution in [0.1, 0.15) is 31.7 Å². The lowest BCUT2D eigenvalue weighted by Crippen LogP contribution is -2.36. The summed E-state index contributed by atoms with van der Waals surface area (Å²) in [4.78, 5) is 15.2. The van der Waals surface area contributed by atoms with Crippen molar-refractivity contribution < 1.29 is 9.53 Å². The van der Waals surface area contributed by atoms with E-state index in [4.69, 9.17) is 4.74 Å². The topological polar surface area (TPSA) is 59.4 Å². The average molecular weight is 354 g/mol. The van der Waals surface area contributed by atoms with E-state index in [-0.39, 0.29) is 17.9 Å². The van der Waals surface area contributed by atoms with E-state index in [1.54, 1.807) is 6.20 Å². The van der Waals surface area contributed by atoms with Gasteiger partial charge in [0.1, 0.15) is 0 Å². The van der Waals surface area contributed by atoms with Crippen LogP contribution < -0.4 is 10.2 Å². The minimum atomic E-state index is -0.0254. The molecule has 1 N–H and O–H groups in total. The molecule has 2 unspecified atom stereocenters. The fourth-order valence-electron chi connectivity index (χ4n) is 4.02. The van der Waals surface area contributed by atoms with Crippen molar-refractivity contribution >= 4 is 17.3 Å². The van der Waals surface area contributed by atoms with Gasteiger partial charge in [-0.05, 0) is 43.2 Å². The van der Waals surface area contributed by atoms with Crippen LogP contribution in [0.4, 0.5) is 11.4 Å².